The third kappa shape index (κ3) is 5.42. The van der Waals surface area contributed by atoms with E-state index in [1.807, 2.05) is 12.3 Å². The fraction of sp³-hybridized carbons (Fsp3) is 0.536. The quantitative estimate of drug-likeness (QED) is 0.459. The lowest BCUT2D eigenvalue weighted by atomic mass is 9.88. The molecule has 0 saturated carbocycles. The molecule has 2 saturated heterocycles. The van der Waals surface area contributed by atoms with E-state index in [4.69, 9.17) is 9.97 Å². The Hall–Kier alpha value is -2.98. The molecule has 2 N–H and O–H groups in total. The number of pyridine rings is 1. The van der Waals surface area contributed by atoms with E-state index in [9.17, 15) is 13.5 Å². The molecule has 0 aliphatic carbocycles. The Labute approximate surface area is 225 Å². The SMILES string of the molecule is CC(C)c1ccc(N2C[C@H](CS(C)(=O)=O)[C@H]2C)c2cnc(Nc3ccnc(N4CC[C@H](O)C[C@@H]4C)n3)cc12. The standard InChI is InChI=1S/C28H38N6O3S/c1-17(2)22-6-7-25(34-15-20(19(34)4)16-38(5,36)37)24-14-30-27(13-23(22)24)31-26-8-10-29-28(32-26)33-11-9-21(35)12-18(33)3/h6-8,10,13-14,17-21,35H,9,11-12,15-16H2,1-5H3,(H,29,30,31,32)/t18-,19+,20+,21-/m0/s1. The highest BCUT2D eigenvalue weighted by Gasteiger charge is 2.38. The second-order valence-electron chi connectivity index (χ2n) is 11.3. The number of piperidine rings is 1. The molecule has 2 aliphatic rings. The molecule has 9 nitrogen and oxygen atoms in total. The average Bonchev–Trinajstić information content (AvgIpc) is 2.85. The van der Waals surface area contributed by atoms with Crippen molar-refractivity contribution in [3.8, 4) is 0 Å². The number of hydrogen-bond acceptors (Lipinski definition) is 9. The zero-order chi connectivity index (χ0) is 27.2. The third-order valence-corrected chi connectivity index (χ3v) is 9.00. The van der Waals surface area contributed by atoms with Crippen LogP contribution in [0.5, 0.6) is 0 Å². The Morgan fingerprint density at radius 2 is 1.89 bits per heavy atom. The zero-order valence-corrected chi connectivity index (χ0v) is 23.6. The van der Waals surface area contributed by atoms with E-state index in [0.29, 0.717) is 36.3 Å². The van der Waals surface area contributed by atoms with Gasteiger partial charge in [-0.3, -0.25) is 0 Å². The molecular formula is C28H38N6O3S. The van der Waals surface area contributed by atoms with Crippen molar-refractivity contribution in [1.29, 1.82) is 0 Å². The maximum atomic E-state index is 11.8. The van der Waals surface area contributed by atoms with Gasteiger partial charge in [-0.2, -0.15) is 4.98 Å². The lowest BCUT2D eigenvalue weighted by Crippen LogP contribution is -2.57. The molecule has 4 atom stereocenters. The van der Waals surface area contributed by atoms with Crippen molar-refractivity contribution in [3.05, 3.63) is 42.2 Å². The van der Waals surface area contributed by atoms with Gasteiger partial charge in [0, 0.05) is 60.8 Å². The van der Waals surface area contributed by atoms with Crippen LogP contribution in [-0.4, -0.2) is 71.8 Å². The van der Waals surface area contributed by atoms with Crippen molar-refractivity contribution >= 4 is 43.9 Å². The number of fused-ring (bicyclic) bond motifs is 1. The minimum atomic E-state index is -3.01. The topological polar surface area (TPSA) is 112 Å². The van der Waals surface area contributed by atoms with Crippen LogP contribution >= 0.6 is 0 Å². The molecule has 0 unspecified atom stereocenters. The Balaban J connectivity index is 1.42. The van der Waals surface area contributed by atoms with Crippen LogP contribution < -0.4 is 15.1 Å². The molecule has 2 aromatic heterocycles. The summed E-state index contributed by atoms with van der Waals surface area (Å²) in [5.41, 5.74) is 2.32. The average molecular weight is 539 g/mol. The highest BCUT2D eigenvalue weighted by molar-refractivity contribution is 7.90. The Kier molecular flexibility index (Phi) is 7.21. The number of nitrogens with zero attached hydrogens (tertiary/aromatic N) is 5. The van der Waals surface area contributed by atoms with Crippen LogP contribution in [0.15, 0.2) is 36.7 Å². The first-order valence-electron chi connectivity index (χ1n) is 13.4. The number of nitrogens with one attached hydrogen (secondary N) is 1. The molecule has 0 radical (unpaired) electrons. The van der Waals surface area contributed by atoms with Gasteiger partial charge in [-0.05, 0) is 61.8 Å². The largest absolute Gasteiger partial charge is 0.393 e. The first kappa shape index (κ1) is 26.6. The summed E-state index contributed by atoms with van der Waals surface area (Å²) < 4.78 is 23.7. The van der Waals surface area contributed by atoms with Crippen LogP contribution in [0.3, 0.4) is 0 Å². The number of aliphatic hydroxyl groups excluding tert-OH is 1. The Morgan fingerprint density at radius 3 is 2.58 bits per heavy atom. The van der Waals surface area contributed by atoms with E-state index in [2.05, 4.69) is 66.0 Å². The molecule has 2 fully saturated rings. The predicted molar refractivity (Wildman–Crippen MR) is 153 cm³/mol. The summed E-state index contributed by atoms with van der Waals surface area (Å²) in [6.45, 7) is 10.00. The molecule has 0 amide bonds. The van der Waals surface area contributed by atoms with Crippen LogP contribution in [0.1, 0.15) is 52.0 Å². The highest BCUT2D eigenvalue weighted by atomic mass is 32.2. The van der Waals surface area contributed by atoms with Gasteiger partial charge in [-0.25, -0.2) is 18.4 Å². The summed E-state index contributed by atoms with van der Waals surface area (Å²) in [5, 5.41) is 15.5. The number of hydrogen-bond donors (Lipinski definition) is 2. The van der Waals surface area contributed by atoms with E-state index in [1.54, 1.807) is 6.20 Å². The van der Waals surface area contributed by atoms with Crippen molar-refractivity contribution < 1.29 is 13.5 Å². The maximum absolute atomic E-state index is 11.8. The van der Waals surface area contributed by atoms with Crippen LogP contribution in [0.25, 0.3) is 10.8 Å². The summed E-state index contributed by atoms with van der Waals surface area (Å²) in [6, 6.07) is 8.55. The fourth-order valence-electron chi connectivity index (χ4n) is 5.79. The number of anilines is 4. The van der Waals surface area contributed by atoms with Gasteiger partial charge in [0.1, 0.15) is 21.5 Å². The van der Waals surface area contributed by atoms with Crippen LogP contribution in [0.2, 0.25) is 0 Å². The van der Waals surface area contributed by atoms with Gasteiger partial charge in [0.25, 0.3) is 0 Å². The van der Waals surface area contributed by atoms with Gasteiger partial charge in [-0.15, -0.1) is 0 Å². The smallest absolute Gasteiger partial charge is 0.227 e. The number of aliphatic hydroxyl groups is 1. The molecule has 0 spiro atoms. The molecule has 5 rings (SSSR count). The lowest BCUT2D eigenvalue weighted by molar-refractivity contribution is 0.131. The normalized spacial score (nSPS) is 24.1. The Morgan fingerprint density at radius 1 is 1.11 bits per heavy atom. The molecule has 38 heavy (non-hydrogen) atoms. The monoisotopic (exact) mass is 538 g/mol. The molecular weight excluding hydrogens is 500 g/mol. The minimum Gasteiger partial charge on any atom is -0.393 e. The van der Waals surface area contributed by atoms with Gasteiger partial charge in [-0.1, -0.05) is 19.9 Å². The molecule has 2 aliphatic heterocycles. The third-order valence-electron chi connectivity index (χ3n) is 7.97. The van der Waals surface area contributed by atoms with Gasteiger partial charge in [0.2, 0.25) is 5.95 Å². The second-order valence-corrected chi connectivity index (χ2v) is 13.5. The van der Waals surface area contributed by atoms with Gasteiger partial charge < -0.3 is 20.2 Å². The highest BCUT2D eigenvalue weighted by Crippen LogP contribution is 2.39. The van der Waals surface area contributed by atoms with Crippen molar-refractivity contribution in [2.45, 2.75) is 64.6 Å². The second kappa shape index (κ2) is 10.3. The zero-order valence-electron chi connectivity index (χ0n) is 22.8. The molecule has 1 aromatic carbocycles. The summed E-state index contributed by atoms with van der Waals surface area (Å²) in [7, 11) is -3.01. The number of sulfone groups is 1. The molecule has 10 heteroatoms. The van der Waals surface area contributed by atoms with E-state index >= 15 is 0 Å². The maximum Gasteiger partial charge on any atom is 0.227 e. The van der Waals surface area contributed by atoms with E-state index in [-0.39, 0.29) is 29.9 Å². The fourth-order valence-corrected chi connectivity index (χ4v) is 6.95. The summed E-state index contributed by atoms with van der Waals surface area (Å²) in [4.78, 5) is 18.4. The van der Waals surface area contributed by atoms with Gasteiger partial charge in [0.15, 0.2) is 0 Å². The van der Waals surface area contributed by atoms with E-state index in [0.717, 1.165) is 29.5 Å². The van der Waals surface area contributed by atoms with Crippen LogP contribution in [0, 0.1) is 5.92 Å². The molecule has 3 aromatic rings. The van der Waals surface area contributed by atoms with Gasteiger partial charge >= 0.3 is 0 Å². The van der Waals surface area contributed by atoms with Gasteiger partial charge in [0.05, 0.1) is 11.9 Å². The Bertz CT molecular complexity index is 1430. The van der Waals surface area contributed by atoms with Crippen LogP contribution in [-0.2, 0) is 9.84 Å². The minimum absolute atomic E-state index is 0.136. The lowest BCUT2D eigenvalue weighted by Gasteiger charge is -2.48. The number of benzene rings is 1. The molecule has 4 heterocycles. The summed E-state index contributed by atoms with van der Waals surface area (Å²) in [5.74, 6) is 2.70. The van der Waals surface area contributed by atoms with Crippen molar-refractivity contribution in [2.24, 2.45) is 5.92 Å². The molecule has 204 valence electrons. The first-order valence-corrected chi connectivity index (χ1v) is 15.5. The summed E-state index contributed by atoms with van der Waals surface area (Å²) in [6.07, 6.45) is 6.12. The molecule has 0 bridgehead atoms. The number of rotatable bonds is 7. The van der Waals surface area contributed by atoms with Crippen molar-refractivity contribution in [2.75, 3.05) is 40.2 Å². The predicted octanol–water partition coefficient (Wildman–Crippen LogP) is 4.11. The summed E-state index contributed by atoms with van der Waals surface area (Å²) >= 11 is 0. The van der Waals surface area contributed by atoms with E-state index < -0.39 is 9.84 Å². The van der Waals surface area contributed by atoms with E-state index in [1.165, 1.54) is 11.8 Å². The van der Waals surface area contributed by atoms with Crippen molar-refractivity contribution in [1.82, 2.24) is 15.0 Å². The first-order chi connectivity index (χ1) is 18.0. The number of aromatic nitrogens is 3. The van der Waals surface area contributed by atoms with Crippen LogP contribution in [0.4, 0.5) is 23.3 Å². The van der Waals surface area contributed by atoms with Crippen molar-refractivity contribution in [3.63, 3.8) is 0 Å².